The standard InChI is InChI=1S/C20H15ClF3N3O3/c21-15-6-5-12(9-14(15)20(22,23)24)25-16(28)10-27-17(29)19(26-18(27)30)8-7-11-3-1-2-4-13(11)19/h1-6,9H,7-8,10H2,(H,25,28)(H,26,30)/t19-/m1/s1. The molecule has 0 bridgehead atoms. The van der Waals surface area contributed by atoms with Gasteiger partial charge < -0.3 is 10.6 Å². The largest absolute Gasteiger partial charge is 0.417 e. The Morgan fingerprint density at radius 2 is 1.93 bits per heavy atom. The molecular formula is C20H15ClF3N3O3. The van der Waals surface area contributed by atoms with Gasteiger partial charge in [-0.25, -0.2) is 4.79 Å². The van der Waals surface area contributed by atoms with Crippen LogP contribution >= 0.6 is 11.6 Å². The van der Waals surface area contributed by atoms with E-state index in [1.165, 1.54) is 6.07 Å². The van der Waals surface area contributed by atoms with Gasteiger partial charge >= 0.3 is 12.2 Å². The Morgan fingerprint density at radius 3 is 2.67 bits per heavy atom. The number of carbonyl (C=O) groups excluding carboxylic acids is 3. The lowest BCUT2D eigenvalue weighted by molar-refractivity contribution is -0.137. The maximum absolute atomic E-state index is 13.0. The molecule has 4 rings (SSSR count). The van der Waals surface area contributed by atoms with E-state index >= 15 is 0 Å². The Kier molecular flexibility index (Phi) is 4.73. The molecule has 4 amide bonds. The highest BCUT2D eigenvalue weighted by molar-refractivity contribution is 6.31. The van der Waals surface area contributed by atoms with Crippen molar-refractivity contribution >= 4 is 35.1 Å². The van der Waals surface area contributed by atoms with E-state index in [0.717, 1.165) is 16.5 Å². The summed E-state index contributed by atoms with van der Waals surface area (Å²) in [6, 6.07) is 9.42. The zero-order valence-corrected chi connectivity index (χ0v) is 16.1. The molecule has 1 aliphatic heterocycles. The van der Waals surface area contributed by atoms with Crippen LogP contribution in [0, 0.1) is 0 Å². The topological polar surface area (TPSA) is 78.5 Å². The molecule has 2 N–H and O–H groups in total. The van der Waals surface area contributed by atoms with Crippen LogP contribution in [0.2, 0.25) is 5.02 Å². The molecule has 0 radical (unpaired) electrons. The van der Waals surface area contributed by atoms with Gasteiger partial charge in [0, 0.05) is 5.69 Å². The van der Waals surface area contributed by atoms with Crippen LogP contribution in [0.3, 0.4) is 0 Å². The number of carbonyl (C=O) groups is 3. The second-order valence-electron chi connectivity index (χ2n) is 7.12. The van der Waals surface area contributed by atoms with E-state index < -0.39 is 46.7 Å². The van der Waals surface area contributed by atoms with Crippen LogP contribution in [0.4, 0.5) is 23.7 Å². The highest BCUT2D eigenvalue weighted by Crippen LogP contribution is 2.41. The molecule has 2 aromatic carbocycles. The number of urea groups is 1. The van der Waals surface area contributed by atoms with Crippen LogP contribution in [0.15, 0.2) is 42.5 Å². The van der Waals surface area contributed by atoms with Gasteiger partial charge in [0.05, 0.1) is 10.6 Å². The number of benzene rings is 2. The van der Waals surface area contributed by atoms with Gasteiger partial charge in [-0.3, -0.25) is 14.5 Å². The molecule has 1 saturated heterocycles. The number of hydrogen-bond acceptors (Lipinski definition) is 3. The van der Waals surface area contributed by atoms with E-state index in [1.807, 2.05) is 12.1 Å². The number of alkyl halides is 3. The van der Waals surface area contributed by atoms with Crippen LogP contribution in [-0.4, -0.2) is 29.3 Å². The first-order chi connectivity index (χ1) is 14.1. The third-order valence-electron chi connectivity index (χ3n) is 5.28. The highest BCUT2D eigenvalue weighted by atomic mass is 35.5. The van der Waals surface area contributed by atoms with Crippen molar-refractivity contribution in [3.05, 3.63) is 64.2 Å². The highest BCUT2D eigenvalue weighted by Gasteiger charge is 2.55. The van der Waals surface area contributed by atoms with Gasteiger partial charge in [0.15, 0.2) is 0 Å². The van der Waals surface area contributed by atoms with Gasteiger partial charge in [-0.15, -0.1) is 0 Å². The number of nitrogens with zero attached hydrogens (tertiary/aromatic N) is 1. The third kappa shape index (κ3) is 3.28. The van der Waals surface area contributed by atoms with Crippen LogP contribution in [0.1, 0.15) is 23.1 Å². The summed E-state index contributed by atoms with van der Waals surface area (Å²) >= 11 is 5.57. The fraction of sp³-hybridized carbons (Fsp3) is 0.250. The summed E-state index contributed by atoms with van der Waals surface area (Å²) in [5, 5.41) is 4.46. The van der Waals surface area contributed by atoms with E-state index in [9.17, 15) is 27.6 Å². The smallest absolute Gasteiger partial charge is 0.325 e. The molecule has 2 aliphatic rings. The zero-order chi connectivity index (χ0) is 21.7. The monoisotopic (exact) mass is 437 g/mol. The van der Waals surface area contributed by atoms with E-state index in [4.69, 9.17) is 11.6 Å². The molecule has 1 aliphatic carbocycles. The molecule has 1 heterocycles. The molecule has 1 atom stereocenters. The number of aryl methyl sites for hydroxylation is 1. The fourth-order valence-electron chi connectivity index (χ4n) is 3.90. The minimum absolute atomic E-state index is 0.148. The second-order valence-corrected chi connectivity index (χ2v) is 7.53. The minimum atomic E-state index is -4.69. The van der Waals surface area contributed by atoms with Crippen LogP contribution in [0.5, 0.6) is 0 Å². The van der Waals surface area contributed by atoms with E-state index in [-0.39, 0.29) is 5.69 Å². The zero-order valence-electron chi connectivity index (χ0n) is 15.3. The van der Waals surface area contributed by atoms with Crippen molar-refractivity contribution in [2.45, 2.75) is 24.6 Å². The molecule has 0 saturated carbocycles. The number of hydrogen-bond donors (Lipinski definition) is 2. The predicted molar refractivity (Wildman–Crippen MR) is 102 cm³/mol. The molecule has 2 aromatic rings. The SMILES string of the molecule is O=C(CN1C(=O)N[C@@]2(CCc3ccccc32)C1=O)Nc1ccc(Cl)c(C(F)(F)F)c1. The van der Waals surface area contributed by atoms with Crippen LogP contribution in [0.25, 0.3) is 0 Å². The summed E-state index contributed by atoms with van der Waals surface area (Å²) in [4.78, 5) is 38.6. The molecule has 10 heteroatoms. The summed E-state index contributed by atoms with van der Waals surface area (Å²) in [7, 11) is 0. The number of nitrogens with one attached hydrogen (secondary N) is 2. The lowest BCUT2D eigenvalue weighted by atomic mass is 9.92. The number of amides is 4. The average molecular weight is 438 g/mol. The first kappa shape index (κ1) is 20.2. The quantitative estimate of drug-likeness (QED) is 0.719. The third-order valence-corrected chi connectivity index (χ3v) is 5.61. The lowest BCUT2D eigenvalue weighted by Crippen LogP contribution is -2.43. The number of halogens is 4. The van der Waals surface area contributed by atoms with E-state index in [2.05, 4.69) is 10.6 Å². The van der Waals surface area contributed by atoms with Crippen molar-refractivity contribution in [3.63, 3.8) is 0 Å². The van der Waals surface area contributed by atoms with Gasteiger partial charge in [-0.1, -0.05) is 35.9 Å². The van der Waals surface area contributed by atoms with Crippen molar-refractivity contribution in [2.24, 2.45) is 0 Å². The van der Waals surface area contributed by atoms with E-state index in [1.54, 1.807) is 12.1 Å². The van der Waals surface area contributed by atoms with E-state index in [0.29, 0.717) is 24.5 Å². The van der Waals surface area contributed by atoms with Crippen molar-refractivity contribution in [2.75, 3.05) is 11.9 Å². The maximum atomic E-state index is 13.0. The molecule has 1 fully saturated rings. The fourth-order valence-corrected chi connectivity index (χ4v) is 4.12. The molecular weight excluding hydrogens is 423 g/mol. The molecule has 156 valence electrons. The normalized spacial score (nSPS) is 20.5. The molecule has 0 unspecified atom stereocenters. The van der Waals surface area contributed by atoms with Crippen molar-refractivity contribution < 1.29 is 27.6 Å². The molecule has 6 nitrogen and oxygen atoms in total. The summed E-state index contributed by atoms with van der Waals surface area (Å²) in [6.45, 7) is -0.626. The van der Waals surface area contributed by atoms with Crippen molar-refractivity contribution in [1.82, 2.24) is 10.2 Å². The number of anilines is 1. The van der Waals surface area contributed by atoms with Gasteiger partial charge in [0.2, 0.25) is 5.91 Å². The predicted octanol–water partition coefficient (Wildman–Crippen LogP) is 3.69. The number of fused-ring (bicyclic) bond motifs is 2. The molecule has 1 spiro atoms. The Labute approximate surface area is 174 Å². The van der Waals surface area contributed by atoms with Gasteiger partial charge in [-0.05, 0) is 42.2 Å². The second kappa shape index (κ2) is 7.02. The van der Waals surface area contributed by atoms with Gasteiger partial charge in [0.25, 0.3) is 5.91 Å². The number of imide groups is 1. The lowest BCUT2D eigenvalue weighted by Gasteiger charge is -2.22. The maximum Gasteiger partial charge on any atom is 0.417 e. The summed E-state index contributed by atoms with van der Waals surface area (Å²) in [5.74, 6) is -1.36. The molecule has 0 aromatic heterocycles. The van der Waals surface area contributed by atoms with Crippen molar-refractivity contribution in [3.8, 4) is 0 Å². The number of rotatable bonds is 3. The molecule has 30 heavy (non-hydrogen) atoms. The first-order valence-electron chi connectivity index (χ1n) is 9.01. The average Bonchev–Trinajstić information content (AvgIpc) is 3.16. The summed E-state index contributed by atoms with van der Waals surface area (Å²) in [6.07, 6.45) is -3.71. The van der Waals surface area contributed by atoms with Gasteiger partial charge in [-0.2, -0.15) is 13.2 Å². The Bertz CT molecular complexity index is 1070. The van der Waals surface area contributed by atoms with Gasteiger partial charge in [0.1, 0.15) is 12.1 Å². The van der Waals surface area contributed by atoms with Crippen LogP contribution in [-0.2, 0) is 27.7 Å². The summed E-state index contributed by atoms with van der Waals surface area (Å²) in [5.41, 5.74) is -0.822. The summed E-state index contributed by atoms with van der Waals surface area (Å²) < 4.78 is 39.0. The Hall–Kier alpha value is -3.07. The van der Waals surface area contributed by atoms with Crippen molar-refractivity contribution in [1.29, 1.82) is 0 Å². The Balaban J connectivity index is 1.51. The Morgan fingerprint density at radius 1 is 1.20 bits per heavy atom. The van der Waals surface area contributed by atoms with Crippen LogP contribution < -0.4 is 10.6 Å². The first-order valence-corrected chi connectivity index (χ1v) is 9.39. The minimum Gasteiger partial charge on any atom is -0.325 e.